The second-order valence-corrected chi connectivity index (χ2v) is 4.38. The summed E-state index contributed by atoms with van der Waals surface area (Å²) in [6, 6.07) is 6.51. The molecule has 0 bridgehead atoms. The molecule has 0 spiro atoms. The molecule has 1 atom stereocenters. The van der Waals surface area contributed by atoms with Crippen LogP contribution in [0.15, 0.2) is 22.7 Å². The van der Waals surface area contributed by atoms with Crippen molar-refractivity contribution >= 4 is 21.9 Å². The maximum absolute atomic E-state index is 13.6. The molecular weight excluding hydrogens is 289 g/mol. The SMILES string of the molecule is COC(=O)CCC(C#N)c1ccc(Br)cc1F. The van der Waals surface area contributed by atoms with Gasteiger partial charge in [-0.3, -0.25) is 4.79 Å². The zero-order chi connectivity index (χ0) is 12.8. The number of carbonyl (C=O) groups is 1. The quantitative estimate of drug-likeness (QED) is 0.803. The first-order valence-electron chi connectivity index (χ1n) is 5.00. The third-order valence-electron chi connectivity index (χ3n) is 2.36. The van der Waals surface area contributed by atoms with Gasteiger partial charge in [-0.25, -0.2) is 4.39 Å². The van der Waals surface area contributed by atoms with E-state index in [0.29, 0.717) is 10.0 Å². The predicted molar refractivity (Wildman–Crippen MR) is 63.7 cm³/mol. The average molecular weight is 300 g/mol. The number of carbonyl (C=O) groups excluding carboxylic acids is 1. The molecule has 0 radical (unpaired) electrons. The van der Waals surface area contributed by atoms with E-state index in [9.17, 15) is 9.18 Å². The second-order valence-electron chi connectivity index (χ2n) is 3.46. The van der Waals surface area contributed by atoms with Crippen LogP contribution in [0.2, 0.25) is 0 Å². The van der Waals surface area contributed by atoms with Gasteiger partial charge in [-0.2, -0.15) is 5.26 Å². The molecule has 0 aliphatic heterocycles. The summed E-state index contributed by atoms with van der Waals surface area (Å²) in [5.74, 6) is -1.49. The van der Waals surface area contributed by atoms with Crippen molar-refractivity contribution < 1.29 is 13.9 Å². The van der Waals surface area contributed by atoms with Crippen LogP contribution in [0.5, 0.6) is 0 Å². The van der Waals surface area contributed by atoms with Crippen LogP contribution >= 0.6 is 15.9 Å². The van der Waals surface area contributed by atoms with Crippen LogP contribution in [-0.2, 0) is 9.53 Å². The van der Waals surface area contributed by atoms with Crippen molar-refractivity contribution in [3.8, 4) is 6.07 Å². The van der Waals surface area contributed by atoms with Crippen molar-refractivity contribution in [2.45, 2.75) is 18.8 Å². The van der Waals surface area contributed by atoms with Crippen molar-refractivity contribution in [3.63, 3.8) is 0 Å². The first-order valence-corrected chi connectivity index (χ1v) is 5.79. The van der Waals surface area contributed by atoms with E-state index in [-0.39, 0.29) is 12.8 Å². The number of methoxy groups -OCH3 is 1. The molecule has 0 aromatic heterocycles. The van der Waals surface area contributed by atoms with Gasteiger partial charge in [0.15, 0.2) is 0 Å². The highest BCUT2D eigenvalue weighted by atomic mass is 79.9. The zero-order valence-corrected chi connectivity index (χ0v) is 10.8. The monoisotopic (exact) mass is 299 g/mol. The summed E-state index contributed by atoms with van der Waals surface area (Å²) in [4.78, 5) is 11.0. The molecule has 0 amide bonds. The van der Waals surface area contributed by atoms with Gasteiger partial charge in [0, 0.05) is 16.5 Å². The van der Waals surface area contributed by atoms with Gasteiger partial charge in [-0.15, -0.1) is 0 Å². The molecule has 3 nitrogen and oxygen atoms in total. The molecule has 1 aromatic rings. The largest absolute Gasteiger partial charge is 0.469 e. The van der Waals surface area contributed by atoms with Crippen LogP contribution in [0, 0.1) is 17.1 Å². The Hall–Kier alpha value is -1.41. The molecule has 0 aliphatic carbocycles. The van der Waals surface area contributed by atoms with Gasteiger partial charge in [0.25, 0.3) is 0 Å². The predicted octanol–water partition coefficient (Wildman–Crippen LogP) is 3.15. The third kappa shape index (κ3) is 3.82. The Morgan fingerprint density at radius 3 is 2.88 bits per heavy atom. The Bertz CT molecular complexity index is 456. The first kappa shape index (κ1) is 13.7. The van der Waals surface area contributed by atoms with Gasteiger partial charge in [0.2, 0.25) is 0 Å². The number of nitrogens with zero attached hydrogens (tertiary/aromatic N) is 1. The first-order chi connectivity index (χ1) is 8.08. The summed E-state index contributed by atoms with van der Waals surface area (Å²) < 4.78 is 18.7. The summed E-state index contributed by atoms with van der Waals surface area (Å²) in [6.45, 7) is 0. The molecule has 90 valence electrons. The smallest absolute Gasteiger partial charge is 0.305 e. The minimum Gasteiger partial charge on any atom is -0.469 e. The minimum atomic E-state index is -0.637. The number of esters is 1. The number of rotatable bonds is 4. The summed E-state index contributed by atoms with van der Waals surface area (Å²) in [6.07, 6.45) is 0.353. The Kier molecular flexibility index (Phi) is 5.11. The lowest BCUT2D eigenvalue weighted by Gasteiger charge is -2.09. The molecule has 5 heteroatoms. The Labute approximate surface area is 107 Å². The number of hydrogen-bond acceptors (Lipinski definition) is 3. The van der Waals surface area contributed by atoms with Crippen molar-refractivity contribution in [2.75, 3.05) is 7.11 Å². The van der Waals surface area contributed by atoms with E-state index < -0.39 is 17.7 Å². The highest BCUT2D eigenvalue weighted by Crippen LogP contribution is 2.25. The molecule has 0 aliphatic rings. The summed E-state index contributed by atoms with van der Waals surface area (Å²) in [5, 5.41) is 8.98. The molecule has 0 saturated heterocycles. The van der Waals surface area contributed by atoms with E-state index in [1.165, 1.54) is 13.2 Å². The maximum atomic E-state index is 13.6. The average Bonchev–Trinajstić information content (AvgIpc) is 2.31. The van der Waals surface area contributed by atoms with Crippen LogP contribution in [0.1, 0.15) is 24.3 Å². The second kappa shape index (κ2) is 6.36. The molecule has 17 heavy (non-hydrogen) atoms. The van der Waals surface area contributed by atoms with E-state index in [0.717, 1.165) is 0 Å². The lowest BCUT2D eigenvalue weighted by molar-refractivity contribution is -0.140. The normalized spacial score (nSPS) is 11.6. The van der Waals surface area contributed by atoms with Gasteiger partial charge < -0.3 is 4.74 Å². The van der Waals surface area contributed by atoms with Crippen molar-refractivity contribution in [1.82, 2.24) is 0 Å². The van der Waals surface area contributed by atoms with Crippen molar-refractivity contribution in [2.24, 2.45) is 0 Å². The Balaban J connectivity index is 2.80. The molecule has 0 saturated carbocycles. The topological polar surface area (TPSA) is 50.1 Å². The fourth-order valence-electron chi connectivity index (χ4n) is 1.44. The van der Waals surface area contributed by atoms with E-state index in [1.807, 2.05) is 6.07 Å². The van der Waals surface area contributed by atoms with Crippen LogP contribution in [0.4, 0.5) is 4.39 Å². The molecule has 1 aromatic carbocycles. The van der Waals surface area contributed by atoms with Crippen molar-refractivity contribution in [3.05, 3.63) is 34.1 Å². The molecule has 0 fully saturated rings. The van der Waals surface area contributed by atoms with Crippen LogP contribution in [0.25, 0.3) is 0 Å². The number of benzene rings is 1. The fourth-order valence-corrected chi connectivity index (χ4v) is 1.77. The zero-order valence-electron chi connectivity index (χ0n) is 9.24. The highest BCUT2D eigenvalue weighted by Gasteiger charge is 2.17. The van der Waals surface area contributed by atoms with E-state index in [4.69, 9.17) is 5.26 Å². The van der Waals surface area contributed by atoms with Gasteiger partial charge >= 0.3 is 5.97 Å². The van der Waals surface area contributed by atoms with Gasteiger partial charge in [-0.05, 0) is 18.6 Å². The minimum absolute atomic E-state index is 0.101. The summed E-state index contributed by atoms with van der Waals surface area (Å²) in [7, 11) is 1.28. The number of halogens is 2. The molecule has 1 unspecified atom stereocenters. The van der Waals surface area contributed by atoms with E-state index in [1.54, 1.807) is 12.1 Å². The summed E-state index contributed by atoms with van der Waals surface area (Å²) in [5.41, 5.74) is 0.305. The lowest BCUT2D eigenvalue weighted by Crippen LogP contribution is -2.05. The van der Waals surface area contributed by atoms with E-state index >= 15 is 0 Å². The number of hydrogen-bond donors (Lipinski definition) is 0. The maximum Gasteiger partial charge on any atom is 0.305 e. The third-order valence-corrected chi connectivity index (χ3v) is 2.85. The fraction of sp³-hybridized carbons (Fsp3) is 0.333. The van der Waals surface area contributed by atoms with Gasteiger partial charge in [-0.1, -0.05) is 22.0 Å². The van der Waals surface area contributed by atoms with Crippen LogP contribution in [-0.4, -0.2) is 13.1 Å². The lowest BCUT2D eigenvalue weighted by atomic mass is 9.95. The van der Waals surface area contributed by atoms with E-state index in [2.05, 4.69) is 20.7 Å². The molecule has 0 heterocycles. The van der Waals surface area contributed by atoms with Gasteiger partial charge in [0.05, 0.1) is 19.1 Å². The Morgan fingerprint density at radius 2 is 2.35 bits per heavy atom. The Morgan fingerprint density at radius 1 is 1.65 bits per heavy atom. The van der Waals surface area contributed by atoms with Crippen LogP contribution in [0.3, 0.4) is 0 Å². The molecular formula is C12H11BrFNO2. The number of nitriles is 1. The standard InChI is InChI=1S/C12H11BrFNO2/c1-17-12(16)5-2-8(7-15)10-4-3-9(13)6-11(10)14/h3-4,6,8H,2,5H2,1H3. The van der Waals surface area contributed by atoms with Crippen LogP contribution < -0.4 is 0 Å². The van der Waals surface area contributed by atoms with Crippen molar-refractivity contribution in [1.29, 1.82) is 5.26 Å². The number of ether oxygens (including phenoxy) is 1. The summed E-state index contributed by atoms with van der Waals surface area (Å²) >= 11 is 3.14. The molecule has 0 N–H and O–H groups in total. The molecule has 1 rings (SSSR count). The highest BCUT2D eigenvalue weighted by molar-refractivity contribution is 9.10. The van der Waals surface area contributed by atoms with Gasteiger partial charge in [0.1, 0.15) is 5.82 Å².